The Morgan fingerprint density at radius 1 is 1.06 bits per heavy atom. The van der Waals surface area contributed by atoms with Crippen molar-refractivity contribution in [1.29, 1.82) is 0 Å². The van der Waals surface area contributed by atoms with E-state index in [0.717, 1.165) is 5.56 Å². The van der Waals surface area contributed by atoms with Crippen LogP contribution in [0.2, 0.25) is 5.02 Å². The van der Waals surface area contributed by atoms with Crippen LogP contribution in [0.25, 0.3) is 0 Å². The normalized spacial score (nSPS) is 13.2. The number of fused-ring (bicyclic) bond motifs is 1. The van der Waals surface area contributed by atoms with Gasteiger partial charge in [-0.05, 0) is 54.1 Å². The van der Waals surface area contributed by atoms with Crippen LogP contribution in [-0.4, -0.2) is 31.2 Å². The van der Waals surface area contributed by atoms with Gasteiger partial charge in [-0.25, -0.2) is 0 Å². The maximum absolute atomic E-state index is 13.1. The predicted molar refractivity (Wildman–Crippen MR) is 123 cm³/mol. The number of anilines is 2. The number of carbonyl (C=O) groups excluding carboxylic acids is 2. The molecule has 0 saturated heterocycles. The third-order valence-corrected chi connectivity index (χ3v) is 5.15. The number of nitrogens with one attached hydrogen (secondary N) is 1. The maximum atomic E-state index is 13.1. The highest BCUT2D eigenvalue weighted by molar-refractivity contribution is 6.30. The highest BCUT2D eigenvalue weighted by Gasteiger charge is 2.26. The monoisotopic (exact) mass is 433 g/mol. The van der Waals surface area contributed by atoms with Crippen molar-refractivity contribution in [1.82, 2.24) is 0 Å². The lowest BCUT2D eigenvalue weighted by atomic mass is 10.1. The van der Waals surface area contributed by atoms with Crippen LogP contribution in [-0.2, 0) is 9.59 Å². The van der Waals surface area contributed by atoms with Gasteiger partial charge in [-0.2, -0.15) is 0 Å². The maximum Gasteiger partial charge on any atom is 0.244 e. The minimum Gasteiger partial charge on any atom is -0.497 e. The molecule has 1 aliphatic heterocycles. The Kier molecular flexibility index (Phi) is 6.00. The summed E-state index contributed by atoms with van der Waals surface area (Å²) in [6.07, 6.45) is 0.0755. The average Bonchev–Trinajstić information content (AvgIpc) is 2.91. The number of ether oxygens (including phenoxy) is 1. The fourth-order valence-corrected chi connectivity index (χ4v) is 3.47. The van der Waals surface area contributed by atoms with Gasteiger partial charge in [-0.3, -0.25) is 14.6 Å². The largest absolute Gasteiger partial charge is 0.497 e. The second kappa shape index (κ2) is 9.02. The van der Waals surface area contributed by atoms with Gasteiger partial charge in [0.15, 0.2) is 0 Å². The van der Waals surface area contributed by atoms with Crippen molar-refractivity contribution >= 4 is 46.2 Å². The second-order valence-corrected chi connectivity index (χ2v) is 7.42. The van der Waals surface area contributed by atoms with E-state index in [1.165, 1.54) is 4.90 Å². The van der Waals surface area contributed by atoms with E-state index >= 15 is 0 Å². The van der Waals surface area contributed by atoms with Crippen LogP contribution < -0.4 is 15.0 Å². The summed E-state index contributed by atoms with van der Waals surface area (Å²) in [5.74, 6) is 0.188. The minimum atomic E-state index is -0.303. The van der Waals surface area contributed by atoms with Crippen LogP contribution in [0, 0.1) is 0 Å². The number of carbonyl (C=O) groups is 2. The first-order valence-corrected chi connectivity index (χ1v) is 10.1. The zero-order valence-electron chi connectivity index (χ0n) is 16.8. The lowest BCUT2D eigenvalue weighted by molar-refractivity contribution is -0.120. The Hall–Kier alpha value is -3.64. The van der Waals surface area contributed by atoms with Crippen LogP contribution in [0.4, 0.5) is 17.1 Å². The average molecular weight is 434 g/mol. The van der Waals surface area contributed by atoms with Gasteiger partial charge in [0.25, 0.3) is 0 Å². The minimum absolute atomic E-state index is 0.0755. The van der Waals surface area contributed by atoms with Crippen molar-refractivity contribution in [3.05, 3.63) is 83.4 Å². The summed E-state index contributed by atoms with van der Waals surface area (Å²) in [6, 6.07) is 21.5. The summed E-state index contributed by atoms with van der Waals surface area (Å²) >= 11 is 5.99. The van der Waals surface area contributed by atoms with E-state index in [9.17, 15) is 9.59 Å². The van der Waals surface area contributed by atoms with Gasteiger partial charge in [-0.15, -0.1) is 0 Å². The third kappa shape index (κ3) is 4.75. The molecule has 1 heterocycles. The molecule has 1 aliphatic rings. The molecule has 0 saturated carbocycles. The lowest BCUT2D eigenvalue weighted by Crippen LogP contribution is -2.38. The number of benzene rings is 3. The van der Waals surface area contributed by atoms with E-state index in [2.05, 4.69) is 5.32 Å². The van der Waals surface area contributed by atoms with Crippen molar-refractivity contribution in [2.45, 2.75) is 6.42 Å². The standard InChI is InChI=1S/C24H20ClN3O3/c1-31-19-12-10-18(11-13-19)26-23(29)15-28-22-5-3-2-4-20(22)27-21(14-24(28)30)16-6-8-17(25)9-7-16/h2-13H,14-15H2,1H3,(H,26,29). The first-order chi connectivity index (χ1) is 15.0. The van der Waals surface area contributed by atoms with Gasteiger partial charge in [0, 0.05) is 10.7 Å². The summed E-state index contributed by atoms with van der Waals surface area (Å²) < 4.78 is 5.13. The zero-order chi connectivity index (χ0) is 21.8. The molecular weight excluding hydrogens is 414 g/mol. The van der Waals surface area contributed by atoms with Crippen LogP contribution in [0.5, 0.6) is 5.75 Å². The van der Waals surface area contributed by atoms with E-state index in [-0.39, 0.29) is 24.8 Å². The van der Waals surface area contributed by atoms with Gasteiger partial charge in [-0.1, -0.05) is 35.9 Å². The van der Waals surface area contributed by atoms with Gasteiger partial charge < -0.3 is 15.0 Å². The molecule has 0 spiro atoms. The van der Waals surface area contributed by atoms with Crippen LogP contribution in [0.15, 0.2) is 77.8 Å². The Balaban J connectivity index is 1.57. The highest BCUT2D eigenvalue weighted by atomic mass is 35.5. The molecule has 4 rings (SSSR count). The van der Waals surface area contributed by atoms with E-state index in [0.29, 0.717) is 33.5 Å². The van der Waals surface area contributed by atoms with Crippen molar-refractivity contribution in [3.63, 3.8) is 0 Å². The van der Waals surface area contributed by atoms with Crippen molar-refractivity contribution in [2.75, 3.05) is 23.9 Å². The number of methoxy groups -OCH3 is 1. The number of halogens is 1. The number of nitrogens with zero attached hydrogens (tertiary/aromatic N) is 2. The molecule has 7 heteroatoms. The molecule has 0 bridgehead atoms. The summed E-state index contributed by atoms with van der Waals surface area (Å²) in [4.78, 5) is 32.0. The molecule has 0 aliphatic carbocycles. The highest BCUT2D eigenvalue weighted by Crippen LogP contribution is 2.33. The second-order valence-electron chi connectivity index (χ2n) is 6.99. The number of aliphatic imine (C=N–C) groups is 1. The summed E-state index contributed by atoms with van der Waals surface area (Å²) in [5, 5.41) is 3.43. The Morgan fingerprint density at radius 3 is 2.48 bits per heavy atom. The summed E-state index contributed by atoms with van der Waals surface area (Å²) in [6.45, 7) is -0.120. The molecule has 6 nitrogen and oxygen atoms in total. The smallest absolute Gasteiger partial charge is 0.244 e. The Morgan fingerprint density at radius 2 is 1.77 bits per heavy atom. The molecule has 1 N–H and O–H groups in total. The van der Waals surface area contributed by atoms with Gasteiger partial charge in [0.2, 0.25) is 11.8 Å². The third-order valence-electron chi connectivity index (χ3n) is 4.90. The van der Waals surface area contributed by atoms with Crippen LogP contribution in [0.1, 0.15) is 12.0 Å². The molecule has 0 atom stereocenters. The molecule has 0 radical (unpaired) electrons. The lowest BCUT2D eigenvalue weighted by Gasteiger charge is -2.22. The molecule has 0 unspecified atom stereocenters. The van der Waals surface area contributed by atoms with Crippen molar-refractivity contribution in [3.8, 4) is 5.75 Å². The quantitative estimate of drug-likeness (QED) is 0.625. The summed E-state index contributed by atoms with van der Waals surface area (Å²) in [5.41, 5.74) is 3.31. The predicted octanol–water partition coefficient (Wildman–Crippen LogP) is 4.84. The van der Waals surface area contributed by atoms with Crippen LogP contribution in [0.3, 0.4) is 0 Å². The fourth-order valence-electron chi connectivity index (χ4n) is 3.35. The number of para-hydroxylation sites is 2. The fraction of sp³-hybridized carbons (Fsp3) is 0.125. The molecule has 31 heavy (non-hydrogen) atoms. The zero-order valence-corrected chi connectivity index (χ0v) is 17.6. The molecular formula is C24H20ClN3O3. The topological polar surface area (TPSA) is 71.0 Å². The molecule has 2 amide bonds. The Labute approximate surface area is 185 Å². The first-order valence-electron chi connectivity index (χ1n) is 9.70. The SMILES string of the molecule is COc1ccc(NC(=O)CN2C(=O)CC(c3ccc(Cl)cc3)=Nc3ccccc32)cc1. The van der Waals surface area contributed by atoms with E-state index < -0.39 is 0 Å². The molecule has 3 aromatic rings. The molecule has 156 valence electrons. The Bertz CT molecular complexity index is 1140. The number of hydrogen-bond acceptors (Lipinski definition) is 4. The molecule has 0 aromatic heterocycles. The van der Waals surface area contributed by atoms with Gasteiger partial charge >= 0.3 is 0 Å². The van der Waals surface area contributed by atoms with Crippen molar-refractivity contribution < 1.29 is 14.3 Å². The van der Waals surface area contributed by atoms with Gasteiger partial charge in [0.1, 0.15) is 12.3 Å². The van der Waals surface area contributed by atoms with Crippen LogP contribution >= 0.6 is 11.6 Å². The van der Waals surface area contributed by atoms with Crippen molar-refractivity contribution in [2.24, 2.45) is 4.99 Å². The van der Waals surface area contributed by atoms with E-state index in [4.69, 9.17) is 21.3 Å². The molecule has 3 aromatic carbocycles. The van der Waals surface area contributed by atoms with Gasteiger partial charge in [0.05, 0.1) is 30.6 Å². The van der Waals surface area contributed by atoms with E-state index in [1.807, 2.05) is 30.3 Å². The summed E-state index contributed by atoms with van der Waals surface area (Å²) in [7, 11) is 1.58. The van der Waals surface area contributed by atoms with E-state index in [1.54, 1.807) is 49.6 Å². The molecule has 0 fully saturated rings. The number of rotatable bonds is 5. The number of hydrogen-bond donors (Lipinski definition) is 1. The first kappa shape index (κ1) is 20.6. The number of amides is 2.